The van der Waals surface area contributed by atoms with Crippen LogP contribution in [0.2, 0.25) is 0 Å². The fraction of sp³-hybridized carbons (Fsp3) is 0.536. The Morgan fingerprint density at radius 1 is 1.11 bits per heavy atom. The summed E-state index contributed by atoms with van der Waals surface area (Å²) in [5, 5.41) is 15.6. The zero-order valence-corrected chi connectivity index (χ0v) is 22.0. The minimum absolute atomic E-state index is 0.105. The third-order valence-corrected chi connectivity index (χ3v) is 7.25. The van der Waals surface area contributed by atoms with Crippen molar-refractivity contribution in [3.8, 4) is 0 Å². The van der Waals surface area contributed by atoms with Crippen LogP contribution in [-0.4, -0.2) is 41.2 Å². The second-order valence-corrected chi connectivity index (χ2v) is 9.80. The molecule has 1 atom stereocenters. The Kier molecular flexibility index (Phi) is 7.71. The molecular formula is C28H37N5O3. The summed E-state index contributed by atoms with van der Waals surface area (Å²) < 4.78 is 7.89. The molecule has 0 aromatic carbocycles. The van der Waals surface area contributed by atoms with E-state index >= 15 is 0 Å². The SMILES string of the molecule is CC.Cc1cc(CCC2(C3CCCC3)CC(O)=C(Cc3nc4nc(C)cc(C)n4n3)C(=O)O2)ccn1. The molecule has 0 bridgehead atoms. The summed E-state index contributed by atoms with van der Waals surface area (Å²) in [5.74, 6) is 0.839. The van der Waals surface area contributed by atoms with E-state index in [4.69, 9.17) is 4.74 Å². The predicted octanol–water partition coefficient (Wildman–Crippen LogP) is 5.33. The van der Waals surface area contributed by atoms with Gasteiger partial charge in [0.05, 0.1) is 5.57 Å². The molecule has 8 heteroatoms. The van der Waals surface area contributed by atoms with Gasteiger partial charge in [-0.15, -0.1) is 5.10 Å². The fourth-order valence-electron chi connectivity index (χ4n) is 5.54. The fourth-order valence-corrected chi connectivity index (χ4v) is 5.54. The molecule has 2 aliphatic rings. The second-order valence-electron chi connectivity index (χ2n) is 9.80. The molecule has 1 unspecified atom stereocenters. The summed E-state index contributed by atoms with van der Waals surface area (Å²) in [4.78, 5) is 26.4. The Hall–Kier alpha value is -3.29. The zero-order chi connectivity index (χ0) is 25.9. The molecule has 0 amide bonds. The van der Waals surface area contributed by atoms with Crippen LogP contribution in [0.1, 0.15) is 80.8 Å². The van der Waals surface area contributed by atoms with Crippen molar-refractivity contribution < 1.29 is 14.6 Å². The van der Waals surface area contributed by atoms with Crippen molar-refractivity contribution in [1.82, 2.24) is 24.6 Å². The van der Waals surface area contributed by atoms with Crippen LogP contribution in [0.5, 0.6) is 0 Å². The number of carbonyl (C=O) groups is 1. The lowest BCUT2D eigenvalue weighted by atomic mass is 9.76. The van der Waals surface area contributed by atoms with Gasteiger partial charge in [0, 0.05) is 36.1 Å². The molecule has 4 heterocycles. The van der Waals surface area contributed by atoms with Crippen LogP contribution in [0.4, 0.5) is 0 Å². The summed E-state index contributed by atoms with van der Waals surface area (Å²) in [6, 6.07) is 6.01. The van der Waals surface area contributed by atoms with Crippen molar-refractivity contribution in [2.75, 3.05) is 0 Å². The average molecular weight is 492 g/mol. The van der Waals surface area contributed by atoms with Crippen molar-refractivity contribution in [3.05, 3.63) is 64.2 Å². The molecule has 1 N–H and O–H groups in total. The van der Waals surface area contributed by atoms with Crippen molar-refractivity contribution in [3.63, 3.8) is 0 Å². The first-order valence-electron chi connectivity index (χ1n) is 13.1. The van der Waals surface area contributed by atoms with Crippen LogP contribution < -0.4 is 0 Å². The van der Waals surface area contributed by atoms with Crippen molar-refractivity contribution in [2.24, 2.45) is 5.92 Å². The maximum Gasteiger partial charge on any atom is 0.338 e. The monoisotopic (exact) mass is 491 g/mol. The highest BCUT2D eigenvalue weighted by atomic mass is 16.6. The third-order valence-electron chi connectivity index (χ3n) is 7.25. The summed E-state index contributed by atoms with van der Waals surface area (Å²) in [5.41, 5.74) is 3.48. The number of aromatic nitrogens is 5. The molecule has 0 saturated heterocycles. The molecule has 0 radical (unpaired) electrons. The Balaban J connectivity index is 0.00000148. The molecule has 1 fully saturated rings. The minimum atomic E-state index is -0.681. The highest BCUT2D eigenvalue weighted by Crippen LogP contribution is 2.46. The molecule has 5 rings (SSSR count). The predicted molar refractivity (Wildman–Crippen MR) is 138 cm³/mol. The van der Waals surface area contributed by atoms with Gasteiger partial charge in [0.2, 0.25) is 0 Å². The lowest BCUT2D eigenvalue weighted by Crippen LogP contribution is -2.46. The van der Waals surface area contributed by atoms with Gasteiger partial charge in [-0.25, -0.2) is 14.3 Å². The topological polar surface area (TPSA) is 102 Å². The number of hydrogen-bond donors (Lipinski definition) is 1. The Morgan fingerprint density at radius 2 is 1.86 bits per heavy atom. The van der Waals surface area contributed by atoms with Gasteiger partial charge in [-0.2, -0.15) is 4.98 Å². The van der Waals surface area contributed by atoms with Gasteiger partial charge in [0.25, 0.3) is 5.78 Å². The molecule has 3 aromatic rings. The number of ether oxygens (including phenoxy) is 1. The minimum Gasteiger partial charge on any atom is -0.512 e. The molecule has 1 saturated carbocycles. The summed E-state index contributed by atoms with van der Waals surface area (Å²) in [7, 11) is 0. The van der Waals surface area contributed by atoms with Gasteiger partial charge >= 0.3 is 5.97 Å². The number of rotatable bonds is 6. The number of aryl methyl sites for hydroxylation is 4. The standard InChI is InChI=1S/C26H31N5O3.C2H6/c1-16-13-19(9-11-27-16)8-10-26(20-6-4-5-7-20)15-22(32)21(24(33)34-26)14-23-29-25-28-17(2)12-18(3)31(25)30-23;1-2/h9,11-13,20,32H,4-8,10,14-15H2,1-3H3;1-2H3. The Bertz CT molecular complexity index is 1280. The van der Waals surface area contributed by atoms with Crippen LogP contribution in [0.3, 0.4) is 0 Å². The van der Waals surface area contributed by atoms with E-state index in [-0.39, 0.29) is 23.7 Å². The molecule has 1 aliphatic carbocycles. The van der Waals surface area contributed by atoms with Crippen molar-refractivity contribution in [1.29, 1.82) is 0 Å². The van der Waals surface area contributed by atoms with E-state index in [1.54, 1.807) is 4.52 Å². The number of hydrogen-bond acceptors (Lipinski definition) is 7. The van der Waals surface area contributed by atoms with Crippen molar-refractivity contribution in [2.45, 2.75) is 91.6 Å². The number of esters is 1. The maximum absolute atomic E-state index is 13.3. The van der Waals surface area contributed by atoms with E-state index in [1.165, 1.54) is 5.56 Å². The van der Waals surface area contributed by atoms with Gasteiger partial charge in [0.1, 0.15) is 11.4 Å². The summed E-state index contributed by atoms with van der Waals surface area (Å²) in [6.07, 6.45) is 8.03. The number of aliphatic hydroxyl groups excluding tert-OH is 1. The first kappa shape index (κ1) is 25.8. The number of carbonyl (C=O) groups excluding carboxylic acids is 1. The molecule has 192 valence electrons. The number of aliphatic hydroxyl groups is 1. The van der Waals surface area contributed by atoms with Crippen LogP contribution in [-0.2, 0) is 22.4 Å². The maximum atomic E-state index is 13.3. The number of fused-ring (bicyclic) bond motifs is 1. The first-order chi connectivity index (χ1) is 17.3. The largest absolute Gasteiger partial charge is 0.512 e. The smallest absolute Gasteiger partial charge is 0.338 e. The number of pyridine rings is 1. The molecule has 3 aromatic heterocycles. The summed E-state index contributed by atoms with van der Waals surface area (Å²) >= 11 is 0. The lowest BCUT2D eigenvalue weighted by Gasteiger charge is -2.41. The van der Waals surface area contributed by atoms with Crippen LogP contribution in [0, 0.1) is 26.7 Å². The lowest BCUT2D eigenvalue weighted by molar-refractivity contribution is -0.167. The number of nitrogens with zero attached hydrogens (tertiary/aromatic N) is 5. The van der Waals surface area contributed by atoms with E-state index in [0.717, 1.165) is 49.2 Å². The quantitative estimate of drug-likeness (QED) is 0.465. The highest BCUT2D eigenvalue weighted by Gasteiger charge is 2.48. The highest BCUT2D eigenvalue weighted by molar-refractivity contribution is 5.90. The molecule has 8 nitrogen and oxygen atoms in total. The summed E-state index contributed by atoms with van der Waals surface area (Å²) in [6.45, 7) is 9.82. The Morgan fingerprint density at radius 3 is 2.56 bits per heavy atom. The second kappa shape index (κ2) is 10.8. The van der Waals surface area contributed by atoms with E-state index in [2.05, 4.69) is 26.1 Å². The normalized spacial score (nSPS) is 20.4. The molecule has 36 heavy (non-hydrogen) atoms. The number of cyclic esters (lactones) is 1. The van der Waals surface area contributed by atoms with Gasteiger partial charge in [-0.1, -0.05) is 26.7 Å². The van der Waals surface area contributed by atoms with E-state index in [0.29, 0.717) is 24.4 Å². The Labute approximate surface area is 212 Å². The van der Waals surface area contributed by atoms with Gasteiger partial charge in [-0.05, 0) is 76.1 Å². The van der Waals surface area contributed by atoms with E-state index in [1.807, 2.05) is 52.9 Å². The van der Waals surface area contributed by atoms with E-state index in [9.17, 15) is 9.90 Å². The molecular weight excluding hydrogens is 454 g/mol. The molecule has 0 spiro atoms. The van der Waals surface area contributed by atoms with Crippen LogP contribution in [0.15, 0.2) is 35.7 Å². The zero-order valence-electron chi connectivity index (χ0n) is 22.0. The first-order valence-corrected chi connectivity index (χ1v) is 13.1. The van der Waals surface area contributed by atoms with Crippen molar-refractivity contribution >= 4 is 11.7 Å². The average Bonchev–Trinajstić information content (AvgIpc) is 3.52. The van der Waals surface area contributed by atoms with Gasteiger partial charge in [-0.3, -0.25) is 4.98 Å². The van der Waals surface area contributed by atoms with Crippen LogP contribution in [0.25, 0.3) is 5.78 Å². The van der Waals surface area contributed by atoms with E-state index < -0.39 is 11.6 Å². The van der Waals surface area contributed by atoms with Crippen LogP contribution >= 0.6 is 0 Å². The van der Waals surface area contributed by atoms with Gasteiger partial charge in [0.15, 0.2) is 5.82 Å². The third kappa shape index (κ3) is 5.27. The molecule has 1 aliphatic heterocycles. The van der Waals surface area contributed by atoms with Gasteiger partial charge < -0.3 is 9.84 Å².